The Labute approximate surface area is 248 Å². The summed E-state index contributed by atoms with van der Waals surface area (Å²) in [6.45, 7) is 6.80. The lowest BCUT2D eigenvalue weighted by molar-refractivity contribution is -0.222. The van der Waals surface area contributed by atoms with Crippen LogP contribution in [0.4, 0.5) is 13.2 Å². The molecule has 2 heterocycles. The van der Waals surface area contributed by atoms with Gasteiger partial charge in [-0.1, -0.05) is 24.3 Å². The average molecular weight is 597 g/mol. The van der Waals surface area contributed by atoms with E-state index >= 15 is 0 Å². The van der Waals surface area contributed by atoms with E-state index in [0.717, 1.165) is 29.8 Å². The molecule has 2 aromatic rings. The molecule has 0 N–H and O–H groups in total. The maximum Gasteiger partial charge on any atom is 0.416 e. The van der Waals surface area contributed by atoms with Crippen LogP contribution in [-0.4, -0.2) is 72.7 Å². The molecule has 2 aromatic carbocycles. The van der Waals surface area contributed by atoms with Gasteiger partial charge in [-0.15, -0.1) is 6.58 Å². The summed E-state index contributed by atoms with van der Waals surface area (Å²) in [5.41, 5.74) is 0.298. The smallest absolute Gasteiger partial charge is 0.416 e. The van der Waals surface area contributed by atoms with Crippen LogP contribution in [0.1, 0.15) is 48.4 Å². The molecule has 6 rings (SSSR count). The molecule has 10 heteroatoms. The number of hydrogen-bond acceptors (Lipinski definition) is 6. The molecule has 1 saturated heterocycles. The monoisotopic (exact) mass is 596 g/mol. The van der Waals surface area contributed by atoms with Crippen molar-refractivity contribution in [2.24, 2.45) is 0 Å². The maximum absolute atomic E-state index is 13.5. The number of carbonyl (C=O) groups is 2. The minimum atomic E-state index is -4.43. The highest BCUT2D eigenvalue weighted by Crippen LogP contribution is 2.67. The number of alkyl halides is 3. The van der Waals surface area contributed by atoms with Crippen LogP contribution in [-0.2, 0) is 32.3 Å². The summed E-state index contributed by atoms with van der Waals surface area (Å²) < 4.78 is 57.9. The second kappa shape index (κ2) is 10.4. The van der Waals surface area contributed by atoms with Crippen LogP contribution < -0.4 is 9.47 Å². The van der Waals surface area contributed by atoms with E-state index in [2.05, 4.69) is 17.5 Å². The maximum atomic E-state index is 13.5. The second-order valence-corrected chi connectivity index (χ2v) is 11.9. The number of benzene rings is 2. The van der Waals surface area contributed by atoms with Gasteiger partial charge in [0.05, 0.1) is 30.2 Å². The van der Waals surface area contributed by atoms with Crippen LogP contribution in [0.5, 0.6) is 11.5 Å². The van der Waals surface area contributed by atoms with E-state index < -0.39 is 28.9 Å². The number of likely N-dealkylation sites (tertiary alicyclic amines) is 1. The topological polar surface area (TPSA) is 68.3 Å². The van der Waals surface area contributed by atoms with Gasteiger partial charge in [-0.3, -0.25) is 14.5 Å². The molecule has 2 aliphatic carbocycles. The number of amides is 1. The summed E-state index contributed by atoms with van der Waals surface area (Å²) in [6.07, 6.45) is 2.22. The Bertz CT molecular complexity index is 1490. The third kappa shape index (κ3) is 4.36. The molecular formula is C33H35F3N2O5. The molecule has 2 fully saturated rings. The minimum Gasteiger partial charge on any atom is -0.493 e. The number of nitrogens with zero attached hydrogens (tertiary/aromatic N) is 2. The van der Waals surface area contributed by atoms with E-state index in [-0.39, 0.29) is 24.0 Å². The molecular weight excluding hydrogens is 561 g/mol. The lowest BCUT2D eigenvalue weighted by Crippen LogP contribution is -2.79. The lowest BCUT2D eigenvalue weighted by atomic mass is 9.48. The number of halogens is 3. The summed E-state index contributed by atoms with van der Waals surface area (Å²) >= 11 is 0. The van der Waals surface area contributed by atoms with Crippen molar-refractivity contribution in [3.05, 3.63) is 77.4 Å². The molecule has 228 valence electrons. The van der Waals surface area contributed by atoms with Gasteiger partial charge >= 0.3 is 12.1 Å². The Morgan fingerprint density at radius 3 is 2.58 bits per heavy atom. The van der Waals surface area contributed by atoms with Crippen molar-refractivity contribution in [1.82, 2.24) is 9.80 Å². The van der Waals surface area contributed by atoms with Crippen molar-refractivity contribution < 1.29 is 37.0 Å². The number of piperidine rings is 1. The molecule has 2 bridgehead atoms. The Morgan fingerprint density at radius 1 is 1.19 bits per heavy atom. The average Bonchev–Trinajstić information content (AvgIpc) is 3.32. The van der Waals surface area contributed by atoms with Gasteiger partial charge < -0.3 is 19.1 Å². The summed E-state index contributed by atoms with van der Waals surface area (Å²) in [7, 11) is 3.31. The Hall–Kier alpha value is -3.79. The van der Waals surface area contributed by atoms with Crippen molar-refractivity contribution in [2.75, 3.05) is 27.2 Å². The zero-order valence-corrected chi connectivity index (χ0v) is 24.4. The van der Waals surface area contributed by atoms with E-state index in [9.17, 15) is 22.8 Å². The quantitative estimate of drug-likeness (QED) is 0.250. The number of rotatable bonds is 7. The number of methoxy groups -OCH3 is 1. The van der Waals surface area contributed by atoms with Gasteiger partial charge in [0.2, 0.25) is 5.91 Å². The lowest BCUT2D eigenvalue weighted by Gasteiger charge is -2.65. The molecule has 43 heavy (non-hydrogen) atoms. The summed E-state index contributed by atoms with van der Waals surface area (Å²) in [5, 5.41) is 0. The molecule has 5 atom stereocenters. The highest BCUT2D eigenvalue weighted by Gasteiger charge is 2.75. The molecule has 7 nitrogen and oxygen atoms in total. The van der Waals surface area contributed by atoms with Crippen molar-refractivity contribution in [1.29, 1.82) is 0 Å². The second-order valence-electron chi connectivity index (χ2n) is 11.9. The van der Waals surface area contributed by atoms with Crippen LogP contribution in [0.15, 0.2) is 55.1 Å². The highest BCUT2D eigenvalue weighted by atomic mass is 19.4. The van der Waals surface area contributed by atoms with E-state index in [0.29, 0.717) is 49.3 Å². The Kier molecular flexibility index (Phi) is 7.11. The van der Waals surface area contributed by atoms with E-state index in [1.165, 1.54) is 31.2 Å². The molecule has 4 aliphatic rings. The first-order valence-corrected chi connectivity index (χ1v) is 14.5. The zero-order chi connectivity index (χ0) is 30.7. The predicted octanol–water partition coefficient (Wildman–Crippen LogP) is 5.17. The largest absolute Gasteiger partial charge is 0.493 e. The molecule has 2 unspecified atom stereocenters. The number of hydrogen-bond donors (Lipinski definition) is 0. The molecule has 2 aliphatic heterocycles. The van der Waals surface area contributed by atoms with Crippen LogP contribution in [0.3, 0.4) is 0 Å². The van der Waals surface area contributed by atoms with Gasteiger partial charge in [0.15, 0.2) is 11.5 Å². The summed E-state index contributed by atoms with van der Waals surface area (Å²) in [5.74, 6) is 0.585. The Balaban J connectivity index is 1.38. The molecule has 1 saturated carbocycles. The van der Waals surface area contributed by atoms with Gasteiger partial charge in [0, 0.05) is 38.7 Å². The molecule has 0 radical (unpaired) electrons. The SMILES string of the molecule is C=CCN1CC[C@]23c4c5ccc(OC)c4OC2C(N(C)C(=O)/C=C/c2ccc(C(F)(F)F)cc2)CC[C@@]3(OC(C)=O)[C@H]1C5. The van der Waals surface area contributed by atoms with Gasteiger partial charge in [-0.25, -0.2) is 0 Å². The third-order valence-electron chi connectivity index (χ3n) is 9.90. The number of esters is 1. The molecule has 0 aromatic heterocycles. The summed E-state index contributed by atoms with van der Waals surface area (Å²) in [4.78, 5) is 30.3. The van der Waals surface area contributed by atoms with Crippen molar-refractivity contribution >= 4 is 18.0 Å². The fraction of sp³-hybridized carbons (Fsp3) is 0.455. The van der Waals surface area contributed by atoms with Gasteiger partial charge in [0.25, 0.3) is 0 Å². The van der Waals surface area contributed by atoms with E-state index in [1.54, 1.807) is 19.1 Å². The number of carbonyl (C=O) groups excluding carboxylic acids is 2. The first kappa shape index (κ1) is 29.3. The van der Waals surface area contributed by atoms with Crippen molar-refractivity contribution in [2.45, 2.75) is 68.0 Å². The fourth-order valence-corrected chi connectivity index (χ4v) is 8.20. The van der Waals surface area contributed by atoms with Gasteiger partial charge in [0.1, 0.15) is 11.7 Å². The van der Waals surface area contributed by atoms with Crippen molar-refractivity contribution in [3.63, 3.8) is 0 Å². The number of likely N-dealkylation sites (N-methyl/N-ethyl adjacent to an activating group) is 1. The Morgan fingerprint density at radius 2 is 1.93 bits per heavy atom. The van der Waals surface area contributed by atoms with Gasteiger partial charge in [-0.2, -0.15) is 13.2 Å². The molecule has 1 spiro atoms. The standard InChI is InChI=1S/C33H35F3N2O5/c1-5-17-38-18-16-31-28-22-9-12-25(41-4)29(28)42-30(31)24(14-15-32(31,26(38)19-22)43-20(2)39)37(3)27(40)13-8-21-6-10-23(11-7-21)33(34,35)36/h5-13,24,26,30H,1,14-19H2,2-4H3/b13-8+/t24?,26-,30?,31+,32-/m1/s1. The predicted molar refractivity (Wildman–Crippen MR) is 154 cm³/mol. The first-order chi connectivity index (χ1) is 20.5. The summed E-state index contributed by atoms with van der Waals surface area (Å²) in [6, 6.07) is 8.19. The molecule has 1 amide bonds. The van der Waals surface area contributed by atoms with Crippen LogP contribution >= 0.6 is 0 Å². The normalized spacial score (nSPS) is 29.0. The number of ether oxygens (including phenoxy) is 3. The van der Waals surface area contributed by atoms with Crippen LogP contribution in [0.25, 0.3) is 6.08 Å². The van der Waals surface area contributed by atoms with E-state index in [4.69, 9.17) is 14.2 Å². The fourth-order valence-electron chi connectivity index (χ4n) is 8.20. The zero-order valence-electron chi connectivity index (χ0n) is 24.4. The van der Waals surface area contributed by atoms with Crippen LogP contribution in [0.2, 0.25) is 0 Å². The minimum absolute atomic E-state index is 0.0948. The van der Waals surface area contributed by atoms with Crippen molar-refractivity contribution in [3.8, 4) is 11.5 Å². The first-order valence-electron chi connectivity index (χ1n) is 14.5. The van der Waals surface area contributed by atoms with Crippen LogP contribution in [0, 0.1) is 0 Å². The van der Waals surface area contributed by atoms with Gasteiger partial charge in [-0.05, 0) is 61.1 Å². The highest BCUT2D eigenvalue weighted by molar-refractivity contribution is 5.92. The van der Waals surface area contributed by atoms with E-state index in [1.807, 2.05) is 12.1 Å². The third-order valence-corrected chi connectivity index (χ3v) is 9.90.